The predicted molar refractivity (Wildman–Crippen MR) is 93.6 cm³/mol. The fourth-order valence-electron chi connectivity index (χ4n) is 2.63. The maximum atomic E-state index is 8.89. The van der Waals surface area contributed by atoms with E-state index < -0.39 is 0 Å². The summed E-state index contributed by atoms with van der Waals surface area (Å²) in [5.41, 5.74) is 7.51. The second kappa shape index (κ2) is 7.09. The van der Waals surface area contributed by atoms with Gasteiger partial charge in [0.15, 0.2) is 0 Å². The highest BCUT2D eigenvalue weighted by atomic mass is 14.3. The van der Waals surface area contributed by atoms with E-state index in [1.165, 1.54) is 33.4 Å². The molecule has 0 spiro atoms. The van der Waals surface area contributed by atoms with Gasteiger partial charge in [-0.1, -0.05) is 54.6 Å². The highest BCUT2D eigenvalue weighted by molar-refractivity contribution is 5.65. The molecule has 0 radical (unpaired) electrons. The summed E-state index contributed by atoms with van der Waals surface area (Å²) in [6, 6.07) is 17.4. The van der Waals surface area contributed by atoms with Crippen LogP contribution >= 0.6 is 0 Å². The first kappa shape index (κ1) is 16.0. The molecule has 0 amide bonds. The summed E-state index contributed by atoms with van der Waals surface area (Å²) in [5.74, 6) is 0.0644. The van der Waals surface area contributed by atoms with E-state index in [0.29, 0.717) is 0 Å². The van der Waals surface area contributed by atoms with Crippen LogP contribution in [0.5, 0.6) is 0 Å². The van der Waals surface area contributed by atoms with Crippen LogP contribution in [0.1, 0.15) is 30.5 Å². The maximum absolute atomic E-state index is 8.89. The average Bonchev–Trinajstić information content (AvgIpc) is 2.49. The Morgan fingerprint density at radius 1 is 1.14 bits per heavy atom. The third kappa shape index (κ3) is 4.09. The van der Waals surface area contributed by atoms with Gasteiger partial charge in [-0.15, -0.1) is 0 Å². The highest BCUT2D eigenvalue weighted by Gasteiger charge is 2.05. The standard InChI is InChI=1S/C21H23N/c1-15(2)11-20-9-10-21(13-17(20)4)19-7-5-18(6-8-19)12-16(3)14-22/h5-10,13,16H,1,11-12H2,2-4H3. The van der Waals surface area contributed by atoms with Gasteiger partial charge in [-0.25, -0.2) is 0 Å². The number of nitriles is 1. The van der Waals surface area contributed by atoms with Crippen LogP contribution in [0.3, 0.4) is 0 Å². The van der Waals surface area contributed by atoms with Crippen molar-refractivity contribution in [2.24, 2.45) is 5.92 Å². The molecule has 0 N–H and O–H groups in total. The van der Waals surface area contributed by atoms with E-state index in [0.717, 1.165) is 12.8 Å². The minimum absolute atomic E-state index is 0.0644. The van der Waals surface area contributed by atoms with Gasteiger partial charge in [-0.3, -0.25) is 0 Å². The number of hydrogen-bond donors (Lipinski definition) is 0. The molecular formula is C21H23N. The number of benzene rings is 2. The van der Waals surface area contributed by atoms with Crippen LogP contribution in [0.2, 0.25) is 0 Å². The van der Waals surface area contributed by atoms with Crippen LogP contribution in [-0.2, 0) is 12.8 Å². The fourth-order valence-corrected chi connectivity index (χ4v) is 2.63. The zero-order valence-electron chi connectivity index (χ0n) is 13.7. The average molecular weight is 289 g/mol. The largest absolute Gasteiger partial charge is 0.198 e. The molecule has 0 fully saturated rings. The summed E-state index contributed by atoms with van der Waals surface area (Å²) >= 11 is 0. The Morgan fingerprint density at radius 2 is 1.77 bits per heavy atom. The Labute approximate surface area is 133 Å². The van der Waals surface area contributed by atoms with Crippen molar-refractivity contribution in [3.05, 3.63) is 71.3 Å². The van der Waals surface area contributed by atoms with Gasteiger partial charge in [0.25, 0.3) is 0 Å². The Balaban J connectivity index is 2.20. The molecule has 0 saturated heterocycles. The normalized spacial score (nSPS) is 11.7. The van der Waals surface area contributed by atoms with Gasteiger partial charge in [0.05, 0.1) is 6.07 Å². The predicted octanol–water partition coefficient (Wildman–Crippen LogP) is 5.48. The van der Waals surface area contributed by atoms with Crippen LogP contribution in [0.15, 0.2) is 54.6 Å². The Bertz CT molecular complexity index is 702. The smallest absolute Gasteiger partial charge is 0.0656 e. The van der Waals surface area contributed by atoms with Gasteiger partial charge < -0.3 is 0 Å². The second-order valence-electron chi connectivity index (χ2n) is 6.21. The Morgan fingerprint density at radius 3 is 2.32 bits per heavy atom. The molecule has 22 heavy (non-hydrogen) atoms. The van der Waals surface area contributed by atoms with E-state index in [1.807, 2.05) is 6.92 Å². The third-order valence-corrected chi connectivity index (χ3v) is 3.88. The topological polar surface area (TPSA) is 23.8 Å². The first-order chi connectivity index (χ1) is 10.5. The Hall–Kier alpha value is -2.33. The Kier molecular flexibility index (Phi) is 5.17. The third-order valence-electron chi connectivity index (χ3n) is 3.88. The molecule has 1 atom stereocenters. The first-order valence-electron chi connectivity index (χ1n) is 7.72. The van der Waals surface area contributed by atoms with E-state index in [9.17, 15) is 0 Å². The van der Waals surface area contributed by atoms with Crippen molar-refractivity contribution in [1.29, 1.82) is 5.26 Å². The molecule has 0 aliphatic rings. The summed E-state index contributed by atoms with van der Waals surface area (Å²) in [7, 11) is 0. The fraction of sp³-hybridized carbons (Fsp3) is 0.286. The van der Waals surface area contributed by atoms with Crippen molar-refractivity contribution < 1.29 is 0 Å². The minimum atomic E-state index is 0.0644. The molecule has 2 rings (SSSR count). The molecule has 0 bridgehead atoms. The molecule has 2 aromatic carbocycles. The van der Waals surface area contributed by atoms with Crippen molar-refractivity contribution in [3.8, 4) is 17.2 Å². The van der Waals surface area contributed by atoms with Gasteiger partial charge >= 0.3 is 0 Å². The molecule has 0 aliphatic carbocycles. The zero-order chi connectivity index (χ0) is 16.1. The van der Waals surface area contributed by atoms with Crippen LogP contribution in [-0.4, -0.2) is 0 Å². The maximum Gasteiger partial charge on any atom is 0.0656 e. The zero-order valence-corrected chi connectivity index (χ0v) is 13.7. The molecule has 0 aromatic heterocycles. The summed E-state index contributed by atoms with van der Waals surface area (Å²) in [6.45, 7) is 10.2. The van der Waals surface area contributed by atoms with E-state index in [1.54, 1.807) is 0 Å². The molecule has 1 nitrogen and oxygen atoms in total. The number of nitrogens with zero attached hydrogens (tertiary/aromatic N) is 1. The van der Waals surface area contributed by atoms with Crippen LogP contribution < -0.4 is 0 Å². The van der Waals surface area contributed by atoms with Gasteiger partial charge in [0.2, 0.25) is 0 Å². The minimum Gasteiger partial charge on any atom is -0.198 e. The lowest BCUT2D eigenvalue weighted by Gasteiger charge is -2.10. The molecule has 0 saturated carbocycles. The van der Waals surface area contributed by atoms with Crippen LogP contribution in [0.25, 0.3) is 11.1 Å². The lowest BCUT2D eigenvalue weighted by molar-refractivity contribution is 0.739. The van der Waals surface area contributed by atoms with Crippen molar-refractivity contribution >= 4 is 0 Å². The van der Waals surface area contributed by atoms with Gasteiger partial charge in [-0.05, 0) is 61.4 Å². The molecule has 0 heterocycles. The van der Waals surface area contributed by atoms with Crippen molar-refractivity contribution in [3.63, 3.8) is 0 Å². The molecule has 112 valence electrons. The summed E-state index contributed by atoms with van der Waals surface area (Å²) in [4.78, 5) is 0. The summed E-state index contributed by atoms with van der Waals surface area (Å²) in [5, 5.41) is 8.89. The van der Waals surface area contributed by atoms with Crippen molar-refractivity contribution in [2.45, 2.75) is 33.6 Å². The SMILES string of the molecule is C=C(C)Cc1ccc(-c2ccc(CC(C)C#N)cc2)cc1C. The first-order valence-corrected chi connectivity index (χ1v) is 7.72. The number of rotatable bonds is 5. The number of allylic oxidation sites excluding steroid dienone is 1. The van der Waals surface area contributed by atoms with Gasteiger partial charge in [0, 0.05) is 5.92 Å². The van der Waals surface area contributed by atoms with E-state index in [4.69, 9.17) is 5.26 Å². The number of aryl methyl sites for hydroxylation is 1. The second-order valence-corrected chi connectivity index (χ2v) is 6.21. The van der Waals surface area contributed by atoms with E-state index in [-0.39, 0.29) is 5.92 Å². The van der Waals surface area contributed by atoms with Gasteiger partial charge in [0.1, 0.15) is 0 Å². The summed E-state index contributed by atoms with van der Waals surface area (Å²) in [6.07, 6.45) is 1.75. The van der Waals surface area contributed by atoms with E-state index in [2.05, 4.69) is 69.0 Å². The van der Waals surface area contributed by atoms with Crippen molar-refractivity contribution in [2.75, 3.05) is 0 Å². The van der Waals surface area contributed by atoms with Crippen LogP contribution in [0, 0.1) is 24.2 Å². The van der Waals surface area contributed by atoms with Crippen molar-refractivity contribution in [1.82, 2.24) is 0 Å². The quantitative estimate of drug-likeness (QED) is 0.668. The molecule has 0 aliphatic heterocycles. The number of hydrogen-bond acceptors (Lipinski definition) is 1. The monoisotopic (exact) mass is 289 g/mol. The highest BCUT2D eigenvalue weighted by Crippen LogP contribution is 2.24. The lowest BCUT2D eigenvalue weighted by Crippen LogP contribution is -1.96. The summed E-state index contributed by atoms with van der Waals surface area (Å²) < 4.78 is 0. The molecule has 1 heteroatoms. The molecule has 1 unspecified atom stereocenters. The van der Waals surface area contributed by atoms with Gasteiger partial charge in [-0.2, -0.15) is 5.26 Å². The molecule has 2 aromatic rings. The molecular weight excluding hydrogens is 266 g/mol. The van der Waals surface area contributed by atoms with Crippen LogP contribution in [0.4, 0.5) is 0 Å². The van der Waals surface area contributed by atoms with E-state index >= 15 is 0 Å². The lowest BCUT2D eigenvalue weighted by atomic mass is 9.95.